The quantitative estimate of drug-likeness (QED) is 0.203. The Kier molecular flexibility index (Phi) is 11.5. The van der Waals surface area contributed by atoms with Gasteiger partial charge in [-0.25, -0.2) is 18.1 Å². The fourth-order valence-corrected chi connectivity index (χ4v) is 7.73. The number of carbonyl (C=O) groups is 1. The minimum absolute atomic E-state index is 0.0155. The number of rotatable bonds is 15. The maximum absolute atomic E-state index is 13.2. The van der Waals surface area contributed by atoms with Crippen LogP contribution < -0.4 is 9.46 Å². The molecule has 0 spiro atoms. The van der Waals surface area contributed by atoms with Gasteiger partial charge in [0.05, 0.1) is 29.4 Å². The zero-order valence-electron chi connectivity index (χ0n) is 26.1. The molecule has 0 bridgehead atoms. The summed E-state index contributed by atoms with van der Waals surface area (Å²) in [6.45, 7) is 9.77. The summed E-state index contributed by atoms with van der Waals surface area (Å²) in [6, 6.07) is 13.5. The second-order valence-electron chi connectivity index (χ2n) is 11.5. The minimum Gasteiger partial charge on any atom is -0.490 e. The highest BCUT2D eigenvalue weighted by Gasteiger charge is 2.29. The number of fused-ring (bicyclic) bond motifs is 1. The molecule has 44 heavy (non-hydrogen) atoms. The third-order valence-electron chi connectivity index (χ3n) is 7.88. The van der Waals surface area contributed by atoms with Crippen LogP contribution in [-0.4, -0.2) is 62.9 Å². The summed E-state index contributed by atoms with van der Waals surface area (Å²) in [6.07, 6.45) is 4.45. The van der Waals surface area contributed by atoms with Crippen LogP contribution in [-0.2, 0) is 26.0 Å². The summed E-state index contributed by atoms with van der Waals surface area (Å²) in [5.74, 6) is 0.524. The molecule has 11 heteroatoms. The summed E-state index contributed by atoms with van der Waals surface area (Å²) in [4.78, 5) is 19.3. The number of hydrogen-bond acceptors (Lipinski definition) is 9. The molecule has 2 aromatic carbocycles. The average Bonchev–Trinajstić information content (AvgIpc) is 3.65. The van der Waals surface area contributed by atoms with Crippen molar-refractivity contribution in [1.29, 1.82) is 5.26 Å². The van der Waals surface area contributed by atoms with E-state index >= 15 is 0 Å². The van der Waals surface area contributed by atoms with E-state index in [1.54, 1.807) is 11.3 Å². The number of hydrogen-bond donors (Lipinski definition) is 1. The maximum Gasteiger partial charge on any atom is 0.305 e. The average molecular weight is 639 g/mol. The van der Waals surface area contributed by atoms with Gasteiger partial charge in [-0.1, -0.05) is 32.0 Å². The number of nitriles is 1. The Morgan fingerprint density at radius 1 is 1.23 bits per heavy atom. The molecule has 0 radical (unpaired) electrons. The van der Waals surface area contributed by atoms with Gasteiger partial charge in [0.25, 0.3) is 0 Å². The van der Waals surface area contributed by atoms with Crippen LogP contribution in [0.5, 0.6) is 5.75 Å². The molecular weight excluding hydrogens is 597 g/mol. The van der Waals surface area contributed by atoms with E-state index in [0.717, 1.165) is 58.1 Å². The third kappa shape index (κ3) is 8.66. The Balaban J connectivity index is 1.42. The predicted octanol–water partition coefficient (Wildman–Crippen LogP) is 5.95. The molecule has 0 aliphatic heterocycles. The summed E-state index contributed by atoms with van der Waals surface area (Å²) in [7, 11) is -2.12. The molecule has 3 aromatic rings. The first-order valence-corrected chi connectivity index (χ1v) is 17.6. The van der Waals surface area contributed by atoms with E-state index in [1.165, 1.54) is 7.11 Å². The molecule has 1 heterocycles. The lowest BCUT2D eigenvalue weighted by Gasteiger charge is -2.23. The van der Waals surface area contributed by atoms with Gasteiger partial charge < -0.3 is 14.4 Å². The molecule has 4 rings (SSSR count). The van der Waals surface area contributed by atoms with Crippen molar-refractivity contribution in [2.45, 2.75) is 65.5 Å². The lowest BCUT2D eigenvalue weighted by molar-refractivity contribution is -0.141. The Hall–Kier alpha value is -3.30. The number of aromatic nitrogens is 1. The normalized spacial score (nSPS) is 15.3. The van der Waals surface area contributed by atoms with Gasteiger partial charge in [-0.15, -0.1) is 11.3 Å². The van der Waals surface area contributed by atoms with Gasteiger partial charge >= 0.3 is 5.97 Å². The molecule has 2 unspecified atom stereocenters. The van der Waals surface area contributed by atoms with Crippen LogP contribution in [0.1, 0.15) is 69.7 Å². The number of thiazole rings is 1. The second-order valence-corrected chi connectivity index (χ2v) is 14.4. The standard InChI is InChI=1S/C33H42N4O5S2/c1-6-37(15-14-23(4)18-32(38)41-5)16-17-44(39,40)36-29-12-11-26-27(29)8-7-9-28(26)31-21-35-33(43-31)24-10-13-30(42-22(2)3)25(19-24)20-34/h7-10,13,19,21-23,29,36H,6,11-12,14-18H2,1-5H3. The molecule has 0 saturated carbocycles. The van der Waals surface area contributed by atoms with Gasteiger partial charge in [0.2, 0.25) is 10.0 Å². The molecule has 9 nitrogen and oxygen atoms in total. The number of sulfonamides is 1. The molecule has 1 N–H and O–H groups in total. The van der Waals surface area contributed by atoms with E-state index in [0.29, 0.717) is 30.7 Å². The molecule has 1 aromatic heterocycles. The van der Waals surface area contributed by atoms with Crippen molar-refractivity contribution in [2.24, 2.45) is 5.92 Å². The first-order chi connectivity index (χ1) is 21.0. The van der Waals surface area contributed by atoms with Gasteiger partial charge in [-0.2, -0.15) is 5.26 Å². The van der Waals surface area contributed by atoms with Gasteiger partial charge in [0.15, 0.2) is 0 Å². The summed E-state index contributed by atoms with van der Waals surface area (Å²) >= 11 is 1.55. The first kappa shape index (κ1) is 33.6. The SMILES string of the molecule is CCN(CCC(C)CC(=O)OC)CCS(=O)(=O)NC1CCc2c(-c3cnc(-c4ccc(OC(C)C)c(C#N)c4)s3)cccc21. The summed E-state index contributed by atoms with van der Waals surface area (Å²) in [5, 5.41) is 10.4. The monoisotopic (exact) mass is 638 g/mol. The van der Waals surface area contributed by atoms with E-state index in [1.807, 2.05) is 64.2 Å². The van der Waals surface area contributed by atoms with Crippen molar-refractivity contribution in [3.8, 4) is 32.8 Å². The Bertz CT molecular complexity index is 1600. The van der Waals surface area contributed by atoms with E-state index in [-0.39, 0.29) is 29.8 Å². The summed E-state index contributed by atoms with van der Waals surface area (Å²) < 4.78 is 39.8. The smallest absolute Gasteiger partial charge is 0.305 e. The number of esters is 1. The lowest BCUT2D eigenvalue weighted by Crippen LogP contribution is -2.36. The van der Waals surface area contributed by atoms with Crippen molar-refractivity contribution in [2.75, 3.05) is 32.5 Å². The number of ether oxygens (including phenoxy) is 2. The van der Waals surface area contributed by atoms with Gasteiger partial charge in [0, 0.05) is 30.8 Å². The first-order valence-electron chi connectivity index (χ1n) is 15.1. The van der Waals surface area contributed by atoms with E-state index in [2.05, 4.69) is 26.7 Å². The van der Waals surface area contributed by atoms with Crippen LogP contribution in [0, 0.1) is 17.2 Å². The fraction of sp³-hybridized carbons (Fsp3) is 0.485. The van der Waals surface area contributed by atoms with Crippen LogP contribution in [0.4, 0.5) is 0 Å². The summed E-state index contributed by atoms with van der Waals surface area (Å²) in [5.41, 5.74) is 4.53. The van der Waals surface area contributed by atoms with Crippen LogP contribution in [0.15, 0.2) is 42.6 Å². The lowest BCUT2D eigenvalue weighted by atomic mass is 10.0. The molecule has 1 aliphatic carbocycles. The Labute approximate surface area is 265 Å². The van der Waals surface area contributed by atoms with Crippen molar-refractivity contribution < 1.29 is 22.7 Å². The van der Waals surface area contributed by atoms with Crippen molar-refractivity contribution in [1.82, 2.24) is 14.6 Å². The highest BCUT2D eigenvalue weighted by Crippen LogP contribution is 2.41. The second kappa shape index (κ2) is 15.1. The van der Waals surface area contributed by atoms with Gasteiger partial charge in [0.1, 0.15) is 16.8 Å². The van der Waals surface area contributed by atoms with E-state index < -0.39 is 10.0 Å². The maximum atomic E-state index is 13.2. The number of carbonyl (C=O) groups excluding carboxylic acids is 1. The van der Waals surface area contributed by atoms with Crippen LogP contribution in [0.25, 0.3) is 21.0 Å². The zero-order valence-corrected chi connectivity index (χ0v) is 27.8. The molecule has 1 aliphatic rings. The number of nitrogens with zero attached hydrogens (tertiary/aromatic N) is 3. The van der Waals surface area contributed by atoms with Crippen molar-refractivity contribution >= 4 is 27.3 Å². The molecule has 0 saturated heterocycles. The number of methoxy groups -OCH3 is 1. The third-order valence-corrected chi connectivity index (χ3v) is 10.3. The van der Waals surface area contributed by atoms with Crippen molar-refractivity contribution in [3.05, 3.63) is 59.3 Å². The largest absolute Gasteiger partial charge is 0.490 e. The highest BCUT2D eigenvalue weighted by atomic mass is 32.2. The van der Waals surface area contributed by atoms with Gasteiger partial charge in [-0.05, 0) is 87.0 Å². The zero-order chi connectivity index (χ0) is 31.9. The van der Waals surface area contributed by atoms with Gasteiger partial charge in [-0.3, -0.25) is 4.79 Å². The molecule has 236 valence electrons. The number of nitrogens with one attached hydrogen (secondary N) is 1. The van der Waals surface area contributed by atoms with Crippen LogP contribution in [0.2, 0.25) is 0 Å². The molecular formula is C33H42N4O5S2. The van der Waals surface area contributed by atoms with Crippen molar-refractivity contribution in [3.63, 3.8) is 0 Å². The van der Waals surface area contributed by atoms with E-state index in [9.17, 15) is 18.5 Å². The Morgan fingerprint density at radius 2 is 2.02 bits per heavy atom. The predicted molar refractivity (Wildman–Crippen MR) is 174 cm³/mol. The fourth-order valence-electron chi connectivity index (χ4n) is 5.47. The molecule has 2 atom stereocenters. The highest BCUT2D eigenvalue weighted by molar-refractivity contribution is 7.89. The topological polar surface area (TPSA) is 122 Å². The molecule has 0 amide bonds. The Morgan fingerprint density at radius 3 is 2.73 bits per heavy atom. The number of benzene rings is 2. The van der Waals surface area contributed by atoms with Crippen LogP contribution in [0.3, 0.4) is 0 Å². The molecule has 0 fully saturated rings. The van der Waals surface area contributed by atoms with Crippen LogP contribution >= 0.6 is 11.3 Å². The minimum atomic E-state index is -3.51. The van der Waals surface area contributed by atoms with E-state index in [4.69, 9.17) is 9.47 Å².